The van der Waals surface area contributed by atoms with E-state index in [0.717, 1.165) is 42.5 Å². The molecule has 144 valence electrons. The van der Waals surface area contributed by atoms with Gasteiger partial charge in [-0.1, -0.05) is 6.07 Å². The van der Waals surface area contributed by atoms with Gasteiger partial charge in [-0.25, -0.2) is 4.79 Å². The average Bonchev–Trinajstić information content (AvgIpc) is 3.20. The number of ether oxygens (including phenoxy) is 1. The molecule has 3 rings (SSSR count). The Balaban J connectivity index is 1.39. The fourth-order valence-electron chi connectivity index (χ4n) is 3.09. The molecule has 8 nitrogen and oxygen atoms in total. The molecule has 0 saturated carbocycles. The number of furan rings is 1. The standard InChI is InChI=1S/C19H24N4O4/c1-26-16-5-2-4-15(12-16)23-9-7-22(8-10-23)14-18(24)21-19(25)20-13-17-6-3-11-27-17/h2-6,11-12H,7-10,13-14H2,1H3,(H2,20,21,24,25)/p+1. The first-order valence-electron chi connectivity index (χ1n) is 8.96. The molecular weight excluding hydrogens is 348 g/mol. The van der Waals surface area contributed by atoms with E-state index in [1.54, 1.807) is 19.2 Å². The molecule has 0 atom stereocenters. The number of hydrogen-bond donors (Lipinski definition) is 3. The van der Waals surface area contributed by atoms with Crippen LogP contribution in [0.2, 0.25) is 0 Å². The number of quaternary nitrogens is 1. The predicted molar refractivity (Wildman–Crippen MR) is 99.9 cm³/mol. The van der Waals surface area contributed by atoms with Crippen molar-refractivity contribution < 1.29 is 23.6 Å². The Morgan fingerprint density at radius 1 is 1.22 bits per heavy atom. The maximum absolute atomic E-state index is 12.1. The fourth-order valence-corrected chi connectivity index (χ4v) is 3.09. The van der Waals surface area contributed by atoms with Crippen LogP contribution in [0.1, 0.15) is 5.76 Å². The highest BCUT2D eigenvalue weighted by molar-refractivity contribution is 5.94. The van der Waals surface area contributed by atoms with Crippen LogP contribution in [0.25, 0.3) is 0 Å². The van der Waals surface area contributed by atoms with Crippen molar-refractivity contribution in [3.63, 3.8) is 0 Å². The number of carbonyl (C=O) groups is 2. The first-order valence-corrected chi connectivity index (χ1v) is 8.96. The second kappa shape index (κ2) is 9.09. The number of carbonyl (C=O) groups excluding carboxylic acids is 2. The molecule has 0 aliphatic carbocycles. The molecule has 1 fully saturated rings. The van der Waals surface area contributed by atoms with Crippen molar-refractivity contribution in [3.05, 3.63) is 48.4 Å². The van der Waals surface area contributed by atoms with Crippen LogP contribution in [0, 0.1) is 0 Å². The van der Waals surface area contributed by atoms with Crippen molar-refractivity contribution >= 4 is 17.6 Å². The van der Waals surface area contributed by atoms with Gasteiger partial charge in [0.2, 0.25) is 0 Å². The molecule has 3 amide bonds. The Labute approximate surface area is 158 Å². The molecule has 3 N–H and O–H groups in total. The molecule has 2 aromatic rings. The maximum atomic E-state index is 12.1. The highest BCUT2D eigenvalue weighted by atomic mass is 16.5. The van der Waals surface area contributed by atoms with Gasteiger partial charge in [0.25, 0.3) is 5.91 Å². The van der Waals surface area contributed by atoms with Crippen molar-refractivity contribution in [2.24, 2.45) is 0 Å². The topological polar surface area (TPSA) is 88.2 Å². The molecule has 0 radical (unpaired) electrons. The summed E-state index contributed by atoms with van der Waals surface area (Å²) in [7, 11) is 1.66. The third-order valence-corrected chi connectivity index (χ3v) is 4.56. The van der Waals surface area contributed by atoms with E-state index in [-0.39, 0.29) is 19.0 Å². The van der Waals surface area contributed by atoms with Crippen LogP contribution >= 0.6 is 0 Å². The minimum absolute atomic E-state index is 0.248. The molecule has 0 bridgehead atoms. The third kappa shape index (κ3) is 5.49. The van der Waals surface area contributed by atoms with Gasteiger partial charge in [-0.05, 0) is 24.3 Å². The summed E-state index contributed by atoms with van der Waals surface area (Å²) in [6.45, 7) is 3.89. The Kier molecular flexibility index (Phi) is 6.32. The lowest BCUT2D eigenvalue weighted by atomic mass is 10.2. The number of hydrogen-bond acceptors (Lipinski definition) is 5. The Hall–Kier alpha value is -3.00. The van der Waals surface area contributed by atoms with E-state index in [1.807, 2.05) is 18.2 Å². The molecule has 1 aliphatic heterocycles. The van der Waals surface area contributed by atoms with Gasteiger partial charge >= 0.3 is 6.03 Å². The Morgan fingerprint density at radius 3 is 2.74 bits per heavy atom. The second-order valence-electron chi connectivity index (χ2n) is 6.43. The number of benzene rings is 1. The van der Waals surface area contributed by atoms with Crippen LogP contribution in [0.5, 0.6) is 5.75 Å². The summed E-state index contributed by atoms with van der Waals surface area (Å²) in [6, 6.07) is 11.0. The zero-order valence-electron chi connectivity index (χ0n) is 15.4. The summed E-state index contributed by atoms with van der Waals surface area (Å²) in [5.41, 5.74) is 1.12. The van der Waals surface area contributed by atoms with E-state index in [4.69, 9.17) is 9.15 Å². The monoisotopic (exact) mass is 373 g/mol. The smallest absolute Gasteiger partial charge is 0.321 e. The van der Waals surface area contributed by atoms with Crippen molar-refractivity contribution in [2.45, 2.75) is 6.54 Å². The first-order chi connectivity index (χ1) is 13.1. The lowest BCUT2D eigenvalue weighted by Gasteiger charge is -2.33. The first kappa shape index (κ1) is 18.8. The van der Waals surface area contributed by atoms with E-state index in [1.165, 1.54) is 6.26 Å². The van der Waals surface area contributed by atoms with Gasteiger partial charge in [0, 0.05) is 11.8 Å². The molecule has 2 heterocycles. The predicted octanol–water partition coefficient (Wildman–Crippen LogP) is 0.0191. The second-order valence-corrected chi connectivity index (χ2v) is 6.43. The van der Waals surface area contributed by atoms with Gasteiger partial charge in [0.15, 0.2) is 6.54 Å². The number of piperazine rings is 1. The normalized spacial score (nSPS) is 14.6. The third-order valence-electron chi connectivity index (χ3n) is 4.56. The SMILES string of the molecule is COc1cccc(N2CC[NH+](CC(=O)NC(=O)NCc3ccco3)CC2)c1. The van der Waals surface area contributed by atoms with Crippen LogP contribution in [0.3, 0.4) is 0 Å². The maximum Gasteiger partial charge on any atom is 0.321 e. The number of methoxy groups -OCH3 is 1. The van der Waals surface area contributed by atoms with E-state index >= 15 is 0 Å². The van der Waals surface area contributed by atoms with Gasteiger partial charge in [0.1, 0.15) is 11.5 Å². The van der Waals surface area contributed by atoms with E-state index in [0.29, 0.717) is 5.76 Å². The molecule has 1 aromatic carbocycles. The number of urea groups is 1. The van der Waals surface area contributed by atoms with Gasteiger partial charge < -0.3 is 24.3 Å². The highest BCUT2D eigenvalue weighted by Gasteiger charge is 2.23. The number of anilines is 1. The molecule has 0 unspecified atom stereocenters. The summed E-state index contributed by atoms with van der Waals surface area (Å²) >= 11 is 0. The van der Waals surface area contributed by atoms with Gasteiger partial charge in [-0.3, -0.25) is 10.1 Å². The summed E-state index contributed by atoms with van der Waals surface area (Å²) in [4.78, 5) is 27.3. The lowest BCUT2D eigenvalue weighted by Crippen LogP contribution is -3.16. The quantitative estimate of drug-likeness (QED) is 0.664. The van der Waals surface area contributed by atoms with E-state index in [9.17, 15) is 9.59 Å². The largest absolute Gasteiger partial charge is 0.497 e. The summed E-state index contributed by atoms with van der Waals surface area (Å²) in [5.74, 6) is 1.19. The molecule has 8 heteroatoms. The van der Waals surface area contributed by atoms with E-state index in [2.05, 4.69) is 21.6 Å². The number of rotatable bonds is 6. The molecule has 1 aromatic heterocycles. The number of nitrogens with one attached hydrogen (secondary N) is 3. The van der Waals surface area contributed by atoms with Gasteiger partial charge in [0.05, 0.1) is 46.1 Å². The highest BCUT2D eigenvalue weighted by Crippen LogP contribution is 2.20. The average molecular weight is 373 g/mol. The fraction of sp³-hybridized carbons (Fsp3) is 0.368. The Bertz CT molecular complexity index is 755. The molecule has 27 heavy (non-hydrogen) atoms. The molecule has 0 spiro atoms. The molecule has 1 saturated heterocycles. The number of imide groups is 1. The van der Waals surface area contributed by atoms with Crippen molar-refractivity contribution in [1.82, 2.24) is 10.6 Å². The van der Waals surface area contributed by atoms with Crippen LogP contribution in [-0.2, 0) is 11.3 Å². The molecule has 1 aliphatic rings. The van der Waals surface area contributed by atoms with Crippen molar-refractivity contribution in [3.8, 4) is 5.75 Å². The summed E-state index contributed by atoms with van der Waals surface area (Å²) in [5, 5.41) is 4.96. The lowest BCUT2D eigenvalue weighted by molar-refractivity contribution is -0.892. The summed E-state index contributed by atoms with van der Waals surface area (Å²) < 4.78 is 10.4. The summed E-state index contributed by atoms with van der Waals surface area (Å²) in [6.07, 6.45) is 1.54. The Morgan fingerprint density at radius 2 is 2.04 bits per heavy atom. The van der Waals surface area contributed by atoms with Crippen LogP contribution in [0.15, 0.2) is 47.1 Å². The van der Waals surface area contributed by atoms with Crippen LogP contribution in [0.4, 0.5) is 10.5 Å². The van der Waals surface area contributed by atoms with Gasteiger partial charge in [-0.2, -0.15) is 0 Å². The number of amides is 3. The van der Waals surface area contributed by atoms with Crippen LogP contribution < -0.4 is 25.2 Å². The zero-order valence-corrected chi connectivity index (χ0v) is 15.4. The van der Waals surface area contributed by atoms with Crippen LogP contribution in [-0.4, -0.2) is 51.8 Å². The van der Waals surface area contributed by atoms with Crippen molar-refractivity contribution in [1.29, 1.82) is 0 Å². The van der Waals surface area contributed by atoms with Crippen molar-refractivity contribution in [2.75, 3.05) is 44.7 Å². The van der Waals surface area contributed by atoms with Gasteiger partial charge in [-0.15, -0.1) is 0 Å². The van der Waals surface area contributed by atoms with E-state index < -0.39 is 6.03 Å². The minimum atomic E-state index is -0.509. The molecular formula is C19H25N4O4+. The zero-order chi connectivity index (χ0) is 19.1. The number of nitrogens with zero attached hydrogens (tertiary/aromatic N) is 1. The minimum Gasteiger partial charge on any atom is -0.497 e.